The Morgan fingerprint density at radius 2 is 1.72 bits per heavy atom. The van der Waals surface area contributed by atoms with E-state index >= 15 is 0 Å². The zero-order valence-electron chi connectivity index (χ0n) is 17.5. The van der Waals surface area contributed by atoms with Crippen LogP contribution < -0.4 is 5.32 Å². The highest BCUT2D eigenvalue weighted by Gasteiger charge is 2.30. The molecule has 2 rings (SSSR count). The average Bonchev–Trinajstić information content (AvgIpc) is 2.71. The summed E-state index contributed by atoms with van der Waals surface area (Å²) < 4.78 is 0.960. The average molecular weight is 459 g/mol. The van der Waals surface area contributed by atoms with Crippen molar-refractivity contribution in [2.45, 2.75) is 65.1 Å². The second-order valence-electron chi connectivity index (χ2n) is 7.42. The van der Waals surface area contributed by atoms with Gasteiger partial charge in [-0.2, -0.15) is 0 Å². The Morgan fingerprint density at radius 1 is 1.03 bits per heavy atom. The monoisotopic (exact) mass is 458 g/mol. The molecule has 0 aromatic heterocycles. The number of hydrogen-bond donors (Lipinski definition) is 1. The summed E-state index contributed by atoms with van der Waals surface area (Å²) in [5.74, 6) is -0.0876. The van der Waals surface area contributed by atoms with Crippen LogP contribution in [0.2, 0.25) is 0 Å². The fourth-order valence-corrected chi connectivity index (χ4v) is 3.63. The van der Waals surface area contributed by atoms with Gasteiger partial charge in [0.25, 0.3) is 0 Å². The van der Waals surface area contributed by atoms with Gasteiger partial charge in [-0.1, -0.05) is 72.2 Å². The minimum absolute atomic E-state index is 0.00714. The quantitative estimate of drug-likeness (QED) is 0.537. The molecule has 1 N–H and O–H groups in total. The van der Waals surface area contributed by atoms with Crippen LogP contribution >= 0.6 is 15.9 Å². The summed E-state index contributed by atoms with van der Waals surface area (Å²) in [6.07, 6.45) is 2.51. The molecule has 0 unspecified atom stereocenters. The van der Waals surface area contributed by atoms with E-state index in [2.05, 4.69) is 21.2 Å². The Labute approximate surface area is 182 Å². The molecule has 0 bridgehead atoms. The van der Waals surface area contributed by atoms with Crippen LogP contribution in [0.5, 0.6) is 0 Å². The SMILES string of the molecule is CCCC(=O)N(Cc1cccc(Br)c1)[C@@H](Cc1ccccc1)C(=O)N[C@@H](C)CC. The second-order valence-corrected chi connectivity index (χ2v) is 8.34. The number of carbonyl (C=O) groups excluding carboxylic acids is 2. The normalized spacial score (nSPS) is 12.8. The van der Waals surface area contributed by atoms with Crippen molar-refractivity contribution in [1.29, 1.82) is 0 Å². The predicted molar refractivity (Wildman–Crippen MR) is 121 cm³/mol. The number of hydrogen-bond acceptors (Lipinski definition) is 2. The third-order valence-corrected chi connectivity index (χ3v) is 5.47. The topological polar surface area (TPSA) is 49.4 Å². The van der Waals surface area contributed by atoms with Crippen molar-refractivity contribution in [2.24, 2.45) is 0 Å². The summed E-state index contributed by atoms with van der Waals surface area (Å²) in [5.41, 5.74) is 2.04. The van der Waals surface area contributed by atoms with E-state index in [1.54, 1.807) is 4.90 Å². The van der Waals surface area contributed by atoms with Crippen molar-refractivity contribution >= 4 is 27.7 Å². The largest absolute Gasteiger partial charge is 0.352 e. The highest BCUT2D eigenvalue weighted by Crippen LogP contribution is 2.19. The molecule has 2 amide bonds. The zero-order valence-corrected chi connectivity index (χ0v) is 19.1. The van der Waals surface area contributed by atoms with Gasteiger partial charge < -0.3 is 10.2 Å². The minimum atomic E-state index is -0.551. The summed E-state index contributed by atoms with van der Waals surface area (Å²) in [6.45, 7) is 6.42. The fourth-order valence-electron chi connectivity index (χ4n) is 3.18. The van der Waals surface area contributed by atoms with Gasteiger partial charge in [0.2, 0.25) is 11.8 Å². The van der Waals surface area contributed by atoms with Crippen molar-refractivity contribution in [2.75, 3.05) is 0 Å². The molecule has 0 fully saturated rings. The van der Waals surface area contributed by atoms with Crippen LogP contribution in [0.1, 0.15) is 51.2 Å². The van der Waals surface area contributed by atoms with E-state index in [-0.39, 0.29) is 17.9 Å². The van der Waals surface area contributed by atoms with Crippen LogP contribution in [0, 0.1) is 0 Å². The summed E-state index contributed by atoms with van der Waals surface area (Å²) in [7, 11) is 0. The molecule has 4 nitrogen and oxygen atoms in total. The first-order valence-corrected chi connectivity index (χ1v) is 11.1. The number of carbonyl (C=O) groups is 2. The maximum Gasteiger partial charge on any atom is 0.243 e. The molecule has 0 aliphatic carbocycles. The van der Waals surface area contributed by atoms with E-state index < -0.39 is 6.04 Å². The van der Waals surface area contributed by atoms with E-state index in [9.17, 15) is 9.59 Å². The molecule has 2 aromatic rings. The summed E-state index contributed by atoms with van der Waals surface area (Å²) in [6, 6.07) is 17.3. The molecule has 0 heterocycles. The first-order valence-electron chi connectivity index (χ1n) is 10.3. The summed E-state index contributed by atoms with van der Waals surface area (Å²) in [5, 5.41) is 3.08. The van der Waals surface area contributed by atoms with Gasteiger partial charge >= 0.3 is 0 Å². The highest BCUT2D eigenvalue weighted by atomic mass is 79.9. The van der Waals surface area contributed by atoms with Crippen LogP contribution in [0.15, 0.2) is 59.1 Å². The van der Waals surface area contributed by atoms with E-state index in [0.29, 0.717) is 19.4 Å². The van der Waals surface area contributed by atoms with Gasteiger partial charge in [-0.3, -0.25) is 9.59 Å². The maximum atomic E-state index is 13.2. The summed E-state index contributed by atoms with van der Waals surface area (Å²) >= 11 is 3.50. The van der Waals surface area contributed by atoms with Crippen LogP contribution in [-0.2, 0) is 22.6 Å². The zero-order chi connectivity index (χ0) is 21.2. The highest BCUT2D eigenvalue weighted by molar-refractivity contribution is 9.10. The standard InChI is InChI=1S/C24H31BrN2O2/c1-4-10-23(28)27(17-20-13-9-14-21(25)15-20)22(24(29)26-18(3)5-2)16-19-11-7-6-8-12-19/h6-9,11-15,18,22H,4-5,10,16-17H2,1-3H3,(H,26,29)/t18-,22-/m0/s1. The van der Waals surface area contributed by atoms with Crippen LogP contribution in [0.3, 0.4) is 0 Å². The molecule has 0 spiro atoms. The lowest BCUT2D eigenvalue weighted by atomic mass is 10.0. The van der Waals surface area contributed by atoms with Gasteiger partial charge in [-0.25, -0.2) is 0 Å². The van der Waals surface area contributed by atoms with Gasteiger partial charge in [-0.15, -0.1) is 0 Å². The minimum Gasteiger partial charge on any atom is -0.352 e. The number of rotatable bonds is 10. The van der Waals surface area contributed by atoms with Crippen molar-refractivity contribution in [3.8, 4) is 0 Å². The van der Waals surface area contributed by atoms with Gasteiger partial charge in [0.15, 0.2) is 0 Å². The Hall–Kier alpha value is -2.14. The molecule has 156 valence electrons. The number of benzene rings is 2. The first kappa shape index (κ1) is 23.1. The predicted octanol–water partition coefficient (Wildman–Crippen LogP) is 5.10. The smallest absolute Gasteiger partial charge is 0.243 e. The fraction of sp³-hybridized carbons (Fsp3) is 0.417. The van der Waals surface area contributed by atoms with E-state index in [4.69, 9.17) is 0 Å². The van der Waals surface area contributed by atoms with Gasteiger partial charge in [0.1, 0.15) is 6.04 Å². The van der Waals surface area contributed by atoms with Crippen LogP contribution in [0.25, 0.3) is 0 Å². The molecular formula is C24H31BrN2O2. The molecule has 0 saturated heterocycles. The molecular weight excluding hydrogens is 428 g/mol. The Balaban J connectivity index is 2.37. The molecule has 0 radical (unpaired) electrons. The Morgan fingerprint density at radius 3 is 2.34 bits per heavy atom. The van der Waals surface area contributed by atoms with E-state index in [1.165, 1.54) is 0 Å². The number of nitrogens with one attached hydrogen (secondary N) is 1. The molecule has 29 heavy (non-hydrogen) atoms. The van der Waals surface area contributed by atoms with Crippen LogP contribution in [0.4, 0.5) is 0 Å². The molecule has 2 aromatic carbocycles. The lowest BCUT2D eigenvalue weighted by Crippen LogP contribution is -2.52. The Kier molecular flexibility index (Phi) is 9.39. The van der Waals surface area contributed by atoms with Crippen molar-refractivity contribution in [3.05, 3.63) is 70.2 Å². The van der Waals surface area contributed by atoms with Crippen molar-refractivity contribution in [1.82, 2.24) is 10.2 Å². The first-order chi connectivity index (χ1) is 13.9. The van der Waals surface area contributed by atoms with Crippen molar-refractivity contribution < 1.29 is 9.59 Å². The lowest BCUT2D eigenvalue weighted by molar-refractivity contribution is -0.141. The van der Waals surface area contributed by atoms with Gasteiger partial charge in [-0.05, 0) is 43.0 Å². The van der Waals surface area contributed by atoms with Crippen LogP contribution in [-0.4, -0.2) is 28.8 Å². The third kappa shape index (κ3) is 7.32. The molecule has 0 saturated carbocycles. The Bertz CT molecular complexity index is 794. The number of nitrogens with zero attached hydrogens (tertiary/aromatic N) is 1. The molecule has 0 aliphatic heterocycles. The number of amides is 2. The van der Waals surface area contributed by atoms with Gasteiger partial charge in [0.05, 0.1) is 0 Å². The summed E-state index contributed by atoms with van der Waals surface area (Å²) in [4.78, 5) is 28.0. The van der Waals surface area contributed by atoms with E-state index in [1.807, 2.05) is 75.4 Å². The number of halogens is 1. The molecule has 2 atom stereocenters. The molecule has 5 heteroatoms. The third-order valence-electron chi connectivity index (χ3n) is 4.98. The second kappa shape index (κ2) is 11.8. The lowest BCUT2D eigenvalue weighted by Gasteiger charge is -2.32. The maximum absolute atomic E-state index is 13.2. The molecule has 0 aliphatic rings. The van der Waals surface area contributed by atoms with E-state index in [0.717, 1.165) is 28.4 Å². The van der Waals surface area contributed by atoms with Crippen molar-refractivity contribution in [3.63, 3.8) is 0 Å². The van der Waals surface area contributed by atoms with Gasteiger partial charge in [0, 0.05) is 29.9 Å².